The van der Waals surface area contributed by atoms with Crippen molar-refractivity contribution in [1.29, 1.82) is 0 Å². The van der Waals surface area contributed by atoms with Gasteiger partial charge in [-0.25, -0.2) is 0 Å². The lowest BCUT2D eigenvalue weighted by atomic mass is 9.62. The molecule has 0 amide bonds. The molecule has 0 saturated carbocycles. The first-order valence-electron chi connectivity index (χ1n) is 20.5. The van der Waals surface area contributed by atoms with Crippen LogP contribution in [0.25, 0.3) is 16.7 Å². The smallest absolute Gasteiger partial charge is 0.0510 e. The molecular weight excluding hydrogens is 675 g/mol. The van der Waals surface area contributed by atoms with Crippen molar-refractivity contribution >= 4 is 16.9 Å². The molecule has 0 radical (unpaired) electrons. The minimum absolute atomic E-state index is 0.104. The van der Waals surface area contributed by atoms with Crippen LogP contribution in [0.3, 0.4) is 0 Å². The number of hydrogen-bond acceptors (Lipinski definition) is 1. The summed E-state index contributed by atoms with van der Waals surface area (Å²) in [5.41, 5.74) is 18.9. The summed E-state index contributed by atoms with van der Waals surface area (Å²) in [5.74, 6) is 4.72. The molecule has 274 valence electrons. The van der Waals surface area contributed by atoms with Gasteiger partial charge in [-0.3, -0.25) is 0 Å². The minimum Gasteiger partial charge on any atom is -0.311 e. The molecule has 0 aromatic heterocycles. The Balaban J connectivity index is 1.18. The highest BCUT2D eigenvalue weighted by Crippen LogP contribution is 2.66. The van der Waals surface area contributed by atoms with Gasteiger partial charge in [0.25, 0.3) is 0 Å². The molecule has 4 unspecified atom stereocenters. The first-order valence-corrected chi connectivity index (χ1v) is 20.5. The van der Waals surface area contributed by atoms with Crippen LogP contribution in [0.2, 0.25) is 0 Å². The molecule has 1 spiro atoms. The SMILES string of the molecule is C#CC1=C(/C=C\C)C2(c3ccccc31)c1cc(N(C3=CCC(c4ccc(C)cc4)C=C3)c3ccc4c(c3)C(C)(C)c3ccccc3-4)ccc1C1C=C[C@@H](C)CC12. The molecule has 0 aliphatic heterocycles. The summed E-state index contributed by atoms with van der Waals surface area (Å²) in [4.78, 5) is 2.53. The van der Waals surface area contributed by atoms with Gasteiger partial charge < -0.3 is 4.90 Å². The molecule has 1 heteroatoms. The third-order valence-electron chi connectivity index (χ3n) is 13.8. The highest BCUT2D eigenvalue weighted by Gasteiger charge is 2.58. The molecule has 5 aliphatic carbocycles. The summed E-state index contributed by atoms with van der Waals surface area (Å²) in [6.45, 7) is 11.4. The van der Waals surface area contributed by atoms with Crippen molar-refractivity contribution in [1.82, 2.24) is 0 Å². The maximum Gasteiger partial charge on any atom is 0.0510 e. The molecule has 1 nitrogen and oxygen atoms in total. The molecule has 56 heavy (non-hydrogen) atoms. The second-order valence-corrected chi connectivity index (χ2v) is 17.3. The van der Waals surface area contributed by atoms with Gasteiger partial charge in [-0.05, 0) is 125 Å². The lowest BCUT2D eigenvalue weighted by Gasteiger charge is -2.40. The van der Waals surface area contributed by atoms with E-state index in [1.54, 1.807) is 0 Å². The highest BCUT2D eigenvalue weighted by molar-refractivity contribution is 5.94. The lowest BCUT2D eigenvalue weighted by Crippen LogP contribution is -2.36. The molecular formula is C55H49N. The Bertz CT molecular complexity index is 2630. The molecule has 5 aliphatic rings. The van der Waals surface area contributed by atoms with Gasteiger partial charge >= 0.3 is 0 Å². The average Bonchev–Trinajstić information content (AvgIpc) is 3.76. The van der Waals surface area contributed by atoms with Crippen molar-refractivity contribution < 1.29 is 0 Å². The number of terminal acetylenes is 1. The first kappa shape index (κ1) is 34.6. The second-order valence-electron chi connectivity index (χ2n) is 17.3. The number of benzene rings is 5. The van der Waals surface area contributed by atoms with E-state index in [2.05, 4.69) is 197 Å². The highest BCUT2D eigenvalue weighted by atomic mass is 15.1. The van der Waals surface area contributed by atoms with Crippen LogP contribution in [0.15, 0.2) is 163 Å². The van der Waals surface area contributed by atoms with Crippen LogP contribution in [0.5, 0.6) is 0 Å². The summed E-state index contributed by atoms with van der Waals surface area (Å²) >= 11 is 0. The van der Waals surface area contributed by atoms with Crippen LogP contribution < -0.4 is 4.90 Å². The van der Waals surface area contributed by atoms with Crippen LogP contribution in [0.1, 0.15) is 96.9 Å². The van der Waals surface area contributed by atoms with Gasteiger partial charge in [-0.1, -0.05) is 154 Å². The number of aryl methyl sites for hydroxylation is 1. The van der Waals surface area contributed by atoms with Crippen LogP contribution >= 0.6 is 0 Å². The van der Waals surface area contributed by atoms with Gasteiger partial charge in [0.15, 0.2) is 0 Å². The van der Waals surface area contributed by atoms with E-state index in [0.717, 1.165) is 18.4 Å². The summed E-state index contributed by atoms with van der Waals surface area (Å²) in [6.07, 6.45) is 25.2. The number of fused-ring (bicyclic) bond motifs is 10. The largest absolute Gasteiger partial charge is 0.311 e. The standard InChI is InChI=1S/C55H49N/c1-7-13-49-42(8-2)43-14-10-12-17-50(43)55(49)52-32-36(4)20-29-46(52)47-31-28-41(34-53(47)55)56(39-25-23-38(24-26-39)37-21-18-35(3)19-22-37)40-27-30-45-44-15-9-11-16-48(44)54(5,6)51(45)33-40/h2,7,9-23,25-31,33-34,36,38,46,52H,24,32H2,1,3-6H3/b13-7-/t36-,38?,46?,52?,55?/m1/s1. The maximum atomic E-state index is 6.47. The second kappa shape index (κ2) is 12.9. The van der Waals surface area contributed by atoms with E-state index in [0.29, 0.717) is 23.7 Å². The van der Waals surface area contributed by atoms with E-state index in [4.69, 9.17) is 6.42 Å². The lowest BCUT2D eigenvalue weighted by molar-refractivity contribution is 0.313. The monoisotopic (exact) mass is 723 g/mol. The Morgan fingerprint density at radius 3 is 2.18 bits per heavy atom. The zero-order chi connectivity index (χ0) is 38.3. The van der Waals surface area contributed by atoms with E-state index < -0.39 is 0 Å². The van der Waals surface area contributed by atoms with Gasteiger partial charge in [0.2, 0.25) is 0 Å². The van der Waals surface area contributed by atoms with Crippen LogP contribution in [-0.4, -0.2) is 0 Å². The summed E-state index contributed by atoms with van der Waals surface area (Å²) in [5, 5.41) is 0. The van der Waals surface area contributed by atoms with Gasteiger partial charge in [-0.15, -0.1) is 6.42 Å². The number of allylic oxidation sites excluding steroid dienone is 9. The molecule has 0 saturated heterocycles. The van der Waals surface area contributed by atoms with Crippen LogP contribution in [0, 0.1) is 31.1 Å². The van der Waals surface area contributed by atoms with Gasteiger partial charge in [-0.2, -0.15) is 0 Å². The molecule has 5 aromatic rings. The fraction of sp³-hybridized carbons (Fsp3) is 0.236. The van der Waals surface area contributed by atoms with E-state index in [1.165, 1.54) is 78.3 Å². The summed E-state index contributed by atoms with van der Waals surface area (Å²) in [6, 6.07) is 41.5. The number of rotatable bonds is 5. The topological polar surface area (TPSA) is 3.24 Å². The molecule has 5 atom stereocenters. The Morgan fingerprint density at radius 2 is 1.45 bits per heavy atom. The Morgan fingerprint density at radius 1 is 0.750 bits per heavy atom. The minimum atomic E-state index is -0.347. The van der Waals surface area contributed by atoms with Crippen molar-refractivity contribution in [3.05, 3.63) is 208 Å². The molecule has 0 heterocycles. The van der Waals surface area contributed by atoms with Crippen molar-refractivity contribution in [3.8, 4) is 23.5 Å². The maximum absolute atomic E-state index is 6.47. The normalized spacial score (nSPS) is 24.8. The molecule has 5 aromatic carbocycles. The van der Waals surface area contributed by atoms with E-state index in [1.807, 2.05) is 0 Å². The third kappa shape index (κ3) is 4.88. The van der Waals surface area contributed by atoms with Crippen LogP contribution in [-0.2, 0) is 10.8 Å². The van der Waals surface area contributed by atoms with Crippen molar-refractivity contribution in [2.24, 2.45) is 11.8 Å². The van der Waals surface area contributed by atoms with Gasteiger partial charge in [0, 0.05) is 39.9 Å². The van der Waals surface area contributed by atoms with E-state index in [9.17, 15) is 0 Å². The fourth-order valence-electron chi connectivity index (χ4n) is 11.2. The van der Waals surface area contributed by atoms with Gasteiger partial charge in [0.05, 0.1) is 5.41 Å². The predicted molar refractivity (Wildman–Crippen MR) is 235 cm³/mol. The third-order valence-corrected chi connectivity index (χ3v) is 13.8. The van der Waals surface area contributed by atoms with Crippen molar-refractivity contribution in [3.63, 3.8) is 0 Å². The molecule has 10 rings (SSSR count). The number of anilines is 2. The number of hydrogen-bond donors (Lipinski definition) is 0. The van der Waals surface area contributed by atoms with Crippen LogP contribution in [0.4, 0.5) is 11.4 Å². The van der Waals surface area contributed by atoms with E-state index >= 15 is 0 Å². The Labute approximate surface area is 333 Å². The van der Waals surface area contributed by atoms with Crippen molar-refractivity contribution in [2.75, 3.05) is 4.90 Å². The predicted octanol–water partition coefficient (Wildman–Crippen LogP) is 13.6. The fourth-order valence-corrected chi connectivity index (χ4v) is 11.2. The zero-order valence-corrected chi connectivity index (χ0v) is 33.2. The summed E-state index contributed by atoms with van der Waals surface area (Å²) < 4.78 is 0. The quantitative estimate of drug-likeness (QED) is 0.129. The Kier molecular flexibility index (Phi) is 7.95. The summed E-state index contributed by atoms with van der Waals surface area (Å²) in [7, 11) is 0. The zero-order valence-electron chi connectivity index (χ0n) is 33.2. The Hall–Kier alpha value is -5.84. The molecule has 0 N–H and O–H groups in total. The van der Waals surface area contributed by atoms with Gasteiger partial charge in [0.1, 0.15) is 0 Å². The number of nitrogens with zero attached hydrogens (tertiary/aromatic N) is 1. The molecule has 0 fully saturated rings. The van der Waals surface area contributed by atoms with E-state index in [-0.39, 0.29) is 10.8 Å². The first-order chi connectivity index (χ1) is 27.2. The van der Waals surface area contributed by atoms with Crippen molar-refractivity contribution in [2.45, 2.75) is 70.1 Å². The average molecular weight is 724 g/mol. The molecule has 0 bridgehead atoms.